The van der Waals surface area contributed by atoms with Crippen molar-refractivity contribution in [3.63, 3.8) is 0 Å². The number of nitrogens with zero attached hydrogens (tertiary/aromatic N) is 5. The van der Waals surface area contributed by atoms with E-state index in [0.29, 0.717) is 28.8 Å². The number of halogens is 1. The van der Waals surface area contributed by atoms with Gasteiger partial charge in [0.1, 0.15) is 23.6 Å². The van der Waals surface area contributed by atoms with Crippen LogP contribution in [0, 0.1) is 11.7 Å². The number of ether oxygens (including phenoxy) is 1. The van der Waals surface area contributed by atoms with Crippen LogP contribution in [-0.2, 0) is 0 Å². The van der Waals surface area contributed by atoms with Gasteiger partial charge in [0.25, 0.3) is 0 Å². The monoisotopic (exact) mass is 434 g/mol. The molecule has 0 spiro atoms. The molecule has 4 N–H and O–H groups in total. The molecule has 9 nitrogen and oxygen atoms in total. The molecule has 164 valence electrons. The third-order valence-corrected chi connectivity index (χ3v) is 6.61. The van der Waals surface area contributed by atoms with Gasteiger partial charge in [-0.1, -0.05) is 0 Å². The van der Waals surface area contributed by atoms with Crippen LogP contribution in [-0.4, -0.2) is 50.6 Å². The summed E-state index contributed by atoms with van der Waals surface area (Å²) in [6.07, 6.45) is 7.68. The molecule has 3 atom stereocenters. The van der Waals surface area contributed by atoms with E-state index in [1.165, 1.54) is 18.5 Å². The first kappa shape index (κ1) is 19.2. The van der Waals surface area contributed by atoms with Gasteiger partial charge in [0.05, 0.1) is 29.0 Å². The third-order valence-electron chi connectivity index (χ3n) is 6.61. The molecule has 1 aliphatic carbocycles. The van der Waals surface area contributed by atoms with Crippen molar-refractivity contribution in [3.8, 4) is 11.8 Å². The number of hydrogen-bond acceptors (Lipinski definition) is 8. The molecular formula is C22H23FN8O. The zero-order valence-electron chi connectivity index (χ0n) is 17.5. The number of aromatic amines is 1. The first-order valence-corrected chi connectivity index (χ1v) is 10.8. The van der Waals surface area contributed by atoms with Crippen LogP contribution in [0.5, 0.6) is 11.8 Å². The molecule has 3 aromatic heterocycles. The Morgan fingerprint density at radius 2 is 2.06 bits per heavy atom. The van der Waals surface area contributed by atoms with Crippen LogP contribution in [0.2, 0.25) is 0 Å². The predicted molar refractivity (Wildman–Crippen MR) is 119 cm³/mol. The highest BCUT2D eigenvalue weighted by Gasteiger charge is 2.41. The summed E-state index contributed by atoms with van der Waals surface area (Å²) in [5, 5.41) is 4.56. The van der Waals surface area contributed by atoms with E-state index in [9.17, 15) is 4.39 Å². The van der Waals surface area contributed by atoms with Crippen LogP contribution in [0.4, 0.5) is 15.9 Å². The van der Waals surface area contributed by atoms with E-state index < -0.39 is 0 Å². The quantitative estimate of drug-likeness (QED) is 0.448. The molecule has 0 amide bonds. The number of rotatable bonds is 4. The topological polar surface area (TPSA) is 118 Å². The SMILES string of the molecule is CNc1cc(F)cc2c1[nH]c1nc(Oc3cncnc3)nc(N3CC4CCC(N)C3C4)c12. The molecular weight excluding hydrogens is 411 g/mol. The number of anilines is 2. The Balaban J connectivity index is 1.58. The highest BCUT2D eigenvalue weighted by Crippen LogP contribution is 2.43. The summed E-state index contributed by atoms with van der Waals surface area (Å²) >= 11 is 0. The highest BCUT2D eigenvalue weighted by atomic mass is 19.1. The minimum atomic E-state index is -0.327. The molecule has 4 heterocycles. The molecule has 1 saturated carbocycles. The summed E-state index contributed by atoms with van der Waals surface area (Å²) in [7, 11) is 1.76. The van der Waals surface area contributed by atoms with E-state index in [4.69, 9.17) is 15.5 Å². The molecule has 2 bridgehead atoms. The highest BCUT2D eigenvalue weighted by molar-refractivity contribution is 6.14. The number of benzene rings is 1. The lowest BCUT2D eigenvalue weighted by Crippen LogP contribution is -2.44. The Kier molecular flexibility index (Phi) is 4.35. The second-order valence-corrected chi connectivity index (χ2v) is 8.54. The molecule has 3 unspecified atom stereocenters. The summed E-state index contributed by atoms with van der Waals surface area (Å²) in [4.78, 5) is 23.0. The van der Waals surface area contributed by atoms with Crippen LogP contribution in [0.1, 0.15) is 19.3 Å². The van der Waals surface area contributed by atoms with Gasteiger partial charge in [0.2, 0.25) is 0 Å². The first-order valence-electron chi connectivity index (χ1n) is 10.8. The molecule has 10 heteroatoms. The van der Waals surface area contributed by atoms with Gasteiger partial charge >= 0.3 is 6.01 Å². The van der Waals surface area contributed by atoms with Gasteiger partial charge in [0.15, 0.2) is 5.75 Å². The second-order valence-electron chi connectivity index (χ2n) is 8.54. The average Bonchev–Trinajstić information content (AvgIpc) is 3.35. The molecule has 0 radical (unpaired) electrons. The zero-order valence-corrected chi connectivity index (χ0v) is 17.5. The fourth-order valence-electron chi connectivity index (χ4n) is 5.15. The lowest BCUT2D eigenvalue weighted by Gasteiger charge is -2.31. The largest absolute Gasteiger partial charge is 0.421 e. The fourth-order valence-corrected chi connectivity index (χ4v) is 5.15. The fraction of sp³-hybridized carbons (Fsp3) is 0.364. The zero-order chi connectivity index (χ0) is 21.8. The van der Waals surface area contributed by atoms with Crippen molar-refractivity contribution in [2.75, 3.05) is 23.8 Å². The number of H-pyrrole nitrogens is 1. The number of nitrogens with two attached hydrogens (primary N) is 1. The van der Waals surface area contributed by atoms with Crippen LogP contribution in [0.25, 0.3) is 21.9 Å². The molecule has 2 fully saturated rings. The maximum Gasteiger partial charge on any atom is 0.326 e. The van der Waals surface area contributed by atoms with Gasteiger partial charge in [-0.15, -0.1) is 0 Å². The summed E-state index contributed by atoms with van der Waals surface area (Å²) < 4.78 is 20.4. The van der Waals surface area contributed by atoms with Gasteiger partial charge in [-0.2, -0.15) is 9.97 Å². The molecule has 1 aliphatic heterocycles. The minimum absolute atomic E-state index is 0.0699. The molecule has 6 rings (SSSR count). The van der Waals surface area contributed by atoms with Gasteiger partial charge in [-0.05, 0) is 37.3 Å². The number of fused-ring (bicyclic) bond motifs is 5. The second kappa shape index (κ2) is 7.27. The summed E-state index contributed by atoms with van der Waals surface area (Å²) in [5.74, 6) is 1.40. The smallest absolute Gasteiger partial charge is 0.326 e. The van der Waals surface area contributed by atoms with Crippen molar-refractivity contribution >= 4 is 33.4 Å². The maximum absolute atomic E-state index is 14.5. The van der Waals surface area contributed by atoms with Crippen LogP contribution in [0.15, 0.2) is 30.9 Å². The van der Waals surface area contributed by atoms with Crippen molar-refractivity contribution in [1.29, 1.82) is 0 Å². The maximum atomic E-state index is 14.5. The molecule has 1 aromatic carbocycles. The van der Waals surface area contributed by atoms with E-state index in [1.54, 1.807) is 19.4 Å². The van der Waals surface area contributed by atoms with E-state index >= 15 is 0 Å². The van der Waals surface area contributed by atoms with Crippen molar-refractivity contribution in [2.45, 2.75) is 31.3 Å². The Morgan fingerprint density at radius 1 is 1.22 bits per heavy atom. The molecule has 4 aromatic rings. The van der Waals surface area contributed by atoms with E-state index in [0.717, 1.165) is 42.1 Å². The van der Waals surface area contributed by atoms with Crippen molar-refractivity contribution < 1.29 is 9.13 Å². The molecule has 1 saturated heterocycles. The van der Waals surface area contributed by atoms with Crippen molar-refractivity contribution in [1.82, 2.24) is 24.9 Å². The molecule has 32 heavy (non-hydrogen) atoms. The van der Waals surface area contributed by atoms with E-state index in [1.807, 2.05) is 0 Å². The van der Waals surface area contributed by atoms with Crippen LogP contribution < -0.4 is 20.7 Å². The third kappa shape index (κ3) is 3.01. The van der Waals surface area contributed by atoms with Gasteiger partial charge in [-0.3, -0.25) is 0 Å². The Labute approximate surface area is 183 Å². The van der Waals surface area contributed by atoms with Crippen LogP contribution in [0.3, 0.4) is 0 Å². The summed E-state index contributed by atoms with van der Waals surface area (Å²) in [6, 6.07) is 3.41. The lowest BCUT2D eigenvalue weighted by molar-refractivity contribution is 0.370. The summed E-state index contributed by atoms with van der Waals surface area (Å²) in [5.41, 5.74) is 8.50. The van der Waals surface area contributed by atoms with Crippen molar-refractivity contribution in [2.24, 2.45) is 11.7 Å². The van der Waals surface area contributed by atoms with Crippen molar-refractivity contribution in [3.05, 3.63) is 36.7 Å². The normalized spacial score (nSPS) is 22.6. The summed E-state index contributed by atoms with van der Waals surface area (Å²) in [6.45, 7) is 0.860. The van der Waals surface area contributed by atoms with Gasteiger partial charge in [-0.25, -0.2) is 14.4 Å². The van der Waals surface area contributed by atoms with E-state index in [-0.39, 0.29) is 23.9 Å². The first-order chi connectivity index (χ1) is 15.6. The number of nitrogens with one attached hydrogen (secondary N) is 2. The van der Waals surface area contributed by atoms with E-state index in [2.05, 4.69) is 30.2 Å². The lowest BCUT2D eigenvalue weighted by atomic mass is 9.87. The minimum Gasteiger partial charge on any atom is -0.421 e. The molecule has 2 aliphatic rings. The Hall–Kier alpha value is -3.53. The average molecular weight is 434 g/mol. The number of aromatic nitrogens is 5. The number of hydrogen-bond donors (Lipinski definition) is 3. The Morgan fingerprint density at radius 3 is 2.88 bits per heavy atom. The Bertz CT molecular complexity index is 1310. The van der Waals surface area contributed by atoms with Crippen LogP contribution >= 0.6 is 0 Å². The standard InChI is InChI=1S/C22H23FN8O/c1-25-16-6-12(23)5-14-18-20(28-19(14)16)29-22(32-13-7-26-10-27-8-13)30-21(18)31-9-11-2-3-15(24)17(31)4-11/h5-8,10-11,15,17,25H,2-4,9,24H2,1H3,(H,28,29,30). The van der Waals surface area contributed by atoms with Gasteiger partial charge in [0, 0.05) is 31.1 Å². The van der Waals surface area contributed by atoms with Gasteiger partial charge < -0.3 is 25.7 Å². The predicted octanol–water partition coefficient (Wildman–Crippen LogP) is 3.19.